The fourth-order valence-electron chi connectivity index (χ4n) is 4.30. The van der Waals surface area contributed by atoms with Crippen LogP contribution < -0.4 is 9.64 Å². The van der Waals surface area contributed by atoms with Gasteiger partial charge >= 0.3 is 0 Å². The Labute approximate surface area is 157 Å². The zero-order valence-electron chi connectivity index (χ0n) is 16.2. The molecule has 3 nitrogen and oxygen atoms in total. The Bertz CT molecular complexity index is 710. The fraction of sp³-hybridized carbons (Fsp3) is 0.478. The van der Waals surface area contributed by atoms with Crippen LogP contribution in [0.5, 0.6) is 5.75 Å². The summed E-state index contributed by atoms with van der Waals surface area (Å²) < 4.78 is 5.25. The molecule has 1 aliphatic rings. The van der Waals surface area contributed by atoms with Gasteiger partial charge in [0, 0.05) is 26.2 Å². The molecule has 0 aromatic heterocycles. The molecular formula is C23H31NO2. The van der Waals surface area contributed by atoms with E-state index in [4.69, 9.17) is 4.74 Å². The highest BCUT2D eigenvalue weighted by Gasteiger charge is 2.39. The molecule has 0 bridgehead atoms. The number of nitrogens with zero attached hydrogens (tertiary/aromatic N) is 1. The Morgan fingerprint density at radius 1 is 1.08 bits per heavy atom. The molecule has 0 aliphatic heterocycles. The summed E-state index contributed by atoms with van der Waals surface area (Å²) in [5.74, 6) is 1.15. The van der Waals surface area contributed by atoms with Gasteiger partial charge < -0.3 is 14.7 Å². The zero-order chi connectivity index (χ0) is 18.6. The first-order chi connectivity index (χ1) is 12.5. The second-order valence-electron chi connectivity index (χ2n) is 7.80. The molecule has 2 atom stereocenters. The number of benzene rings is 2. The predicted octanol–water partition coefficient (Wildman–Crippen LogP) is 4.47. The smallest absolute Gasteiger partial charge is 0.118 e. The highest BCUT2D eigenvalue weighted by atomic mass is 16.5. The van der Waals surface area contributed by atoms with E-state index in [2.05, 4.69) is 55.4 Å². The first-order valence-corrected chi connectivity index (χ1v) is 9.62. The van der Waals surface area contributed by atoms with Crippen LogP contribution in [0.3, 0.4) is 0 Å². The van der Waals surface area contributed by atoms with Crippen molar-refractivity contribution >= 4 is 5.69 Å². The van der Waals surface area contributed by atoms with Crippen LogP contribution in [0, 0.1) is 5.92 Å². The third-order valence-electron chi connectivity index (χ3n) is 5.78. The minimum absolute atomic E-state index is 0.291. The van der Waals surface area contributed by atoms with Gasteiger partial charge in [-0.15, -0.1) is 0 Å². The average Bonchev–Trinajstić information content (AvgIpc) is 2.64. The van der Waals surface area contributed by atoms with Gasteiger partial charge in [0.2, 0.25) is 0 Å². The highest BCUT2D eigenvalue weighted by Crippen LogP contribution is 2.39. The summed E-state index contributed by atoms with van der Waals surface area (Å²) in [6, 6.07) is 16.7. The lowest BCUT2D eigenvalue weighted by Crippen LogP contribution is -2.43. The lowest BCUT2D eigenvalue weighted by molar-refractivity contribution is -0.0476. The molecule has 2 aromatic carbocycles. The molecule has 1 aliphatic carbocycles. The number of hydrogen-bond donors (Lipinski definition) is 1. The van der Waals surface area contributed by atoms with Gasteiger partial charge in [-0.25, -0.2) is 0 Å². The summed E-state index contributed by atoms with van der Waals surface area (Å²) in [6.07, 6.45) is 5.94. The molecule has 0 radical (unpaired) electrons. The Morgan fingerprint density at radius 3 is 2.50 bits per heavy atom. The normalized spacial score (nSPS) is 22.8. The zero-order valence-corrected chi connectivity index (χ0v) is 16.2. The molecule has 0 spiro atoms. The van der Waals surface area contributed by atoms with Gasteiger partial charge in [-0.05, 0) is 54.5 Å². The van der Waals surface area contributed by atoms with Crippen molar-refractivity contribution in [3.05, 3.63) is 59.7 Å². The number of rotatable bonds is 6. The monoisotopic (exact) mass is 353 g/mol. The molecule has 3 rings (SSSR count). The van der Waals surface area contributed by atoms with Gasteiger partial charge in [0.15, 0.2) is 0 Å². The van der Waals surface area contributed by atoms with Crippen molar-refractivity contribution in [2.75, 3.05) is 26.1 Å². The SMILES string of the molecule is COc1ccc(CC2(O)CCCCC2Cc2ccccc2N(C)C)cc1. The summed E-state index contributed by atoms with van der Waals surface area (Å²) in [5.41, 5.74) is 3.13. The predicted molar refractivity (Wildman–Crippen MR) is 108 cm³/mol. The molecule has 140 valence electrons. The Morgan fingerprint density at radius 2 is 1.81 bits per heavy atom. The van der Waals surface area contributed by atoms with E-state index in [0.29, 0.717) is 12.3 Å². The first kappa shape index (κ1) is 18.8. The number of methoxy groups -OCH3 is 1. The second-order valence-corrected chi connectivity index (χ2v) is 7.80. The second kappa shape index (κ2) is 8.13. The van der Waals surface area contributed by atoms with Gasteiger partial charge in [0.1, 0.15) is 5.75 Å². The summed E-state index contributed by atoms with van der Waals surface area (Å²) >= 11 is 0. The van der Waals surface area contributed by atoms with Crippen molar-refractivity contribution in [3.8, 4) is 5.75 Å². The minimum atomic E-state index is -0.633. The summed E-state index contributed by atoms with van der Waals surface area (Å²) in [4.78, 5) is 2.17. The molecule has 0 heterocycles. The van der Waals surface area contributed by atoms with Crippen LogP contribution in [0.1, 0.15) is 36.8 Å². The van der Waals surface area contributed by atoms with Crippen molar-refractivity contribution in [1.29, 1.82) is 0 Å². The van der Waals surface area contributed by atoms with E-state index in [9.17, 15) is 5.11 Å². The lowest BCUT2D eigenvalue weighted by atomic mass is 9.70. The Balaban J connectivity index is 1.80. The summed E-state index contributed by atoms with van der Waals surface area (Å²) in [5, 5.41) is 11.6. The molecule has 26 heavy (non-hydrogen) atoms. The van der Waals surface area contributed by atoms with Crippen LogP contribution in [0.2, 0.25) is 0 Å². The van der Waals surface area contributed by atoms with Crippen molar-refractivity contribution < 1.29 is 9.84 Å². The van der Waals surface area contributed by atoms with Gasteiger partial charge in [-0.3, -0.25) is 0 Å². The van der Waals surface area contributed by atoms with Crippen LogP contribution in [0.4, 0.5) is 5.69 Å². The maximum Gasteiger partial charge on any atom is 0.118 e. The summed E-state index contributed by atoms with van der Waals surface area (Å²) in [6.45, 7) is 0. The lowest BCUT2D eigenvalue weighted by Gasteiger charge is -2.41. The quantitative estimate of drug-likeness (QED) is 0.832. The van der Waals surface area contributed by atoms with E-state index in [1.807, 2.05) is 12.1 Å². The van der Waals surface area contributed by atoms with Crippen LogP contribution in [-0.4, -0.2) is 31.9 Å². The van der Waals surface area contributed by atoms with Crippen LogP contribution >= 0.6 is 0 Å². The van der Waals surface area contributed by atoms with Gasteiger partial charge in [-0.1, -0.05) is 43.2 Å². The van der Waals surface area contributed by atoms with E-state index in [0.717, 1.165) is 31.4 Å². The summed E-state index contributed by atoms with van der Waals surface area (Å²) in [7, 11) is 5.86. The maximum absolute atomic E-state index is 11.6. The van der Waals surface area contributed by atoms with E-state index in [-0.39, 0.29) is 0 Å². The van der Waals surface area contributed by atoms with Gasteiger partial charge in [0.25, 0.3) is 0 Å². The molecule has 2 aromatic rings. The molecule has 0 saturated heterocycles. The topological polar surface area (TPSA) is 32.7 Å². The third-order valence-corrected chi connectivity index (χ3v) is 5.78. The number of hydrogen-bond acceptors (Lipinski definition) is 3. The number of anilines is 1. The molecular weight excluding hydrogens is 322 g/mol. The van der Waals surface area contributed by atoms with Crippen LogP contribution in [0.15, 0.2) is 48.5 Å². The van der Waals surface area contributed by atoms with Crippen molar-refractivity contribution in [2.45, 2.75) is 44.1 Å². The first-order valence-electron chi connectivity index (χ1n) is 9.62. The fourth-order valence-corrected chi connectivity index (χ4v) is 4.30. The molecule has 1 N–H and O–H groups in total. The number of aliphatic hydroxyl groups is 1. The largest absolute Gasteiger partial charge is 0.497 e. The van der Waals surface area contributed by atoms with Crippen molar-refractivity contribution in [2.24, 2.45) is 5.92 Å². The number of ether oxygens (including phenoxy) is 1. The number of para-hydroxylation sites is 1. The molecule has 1 saturated carbocycles. The van der Waals surface area contributed by atoms with Gasteiger partial charge in [-0.2, -0.15) is 0 Å². The average molecular weight is 354 g/mol. The minimum Gasteiger partial charge on any atom is -0.497 e. The van der Waals surface area contributed by atoms with E-state index < -0.39 is 5.60 Å². The Kier molecular flexibility index (Phi) is 5.87. The van der Waals surface area contributed by atoms with Crippen molar-refractivity contribution in [3.63, 3.8) is 0 Å². The van der Waals surface area contributed by atoms with Crippen LogP contribution in [-0.2, 0) is 12.8 Å². The highest BCUT2D eigenvalue weighted by molar-refractivity contribution is 5.52. The van der Waals surface area contributed by atoms with Crippen LogP contribution in [0.25, 0.3) is 0 Å². The molecule has 0 amide bonds. The molecule has 3 heteroatoms. The molecule has 2 unspecified atom stereocenters. The van der Waals surface area contributed by atoms with E-state index >= 15 is 0 Å². The Hall–Kier alpha value is -2.00. The maximum atomic E-state index is 11.6. The molecule has 1 fully saturated rings. The van der Waals surface area contributed by atoms with Crippen molar-refractivity contribution in [1.82, 2.24) is 0 Å². The van der Waals surface area contributed by atoms with E-state index in [1.165, 1.54) is 23.2 Å². The van der Waals surface area contributed by atoms with E-state index in [1.54, 1.807) is 7.11 Å². The standard InChI is InChI=1S/C23H31NO2/c1-24(2)22-10-5-4-8-19(22)16-20-9-6-7-15-23(20,25)17-18-11-13-21(26-3)14-12-18/h4-5,8,10-14,20,25H,6-7,9,15-17H2,1-3H3. The van der Waals surface area contributed by atoms with Gasteiger partial charge in [0.05, 0.1) is 12.7 Å². The third kappa shape index (κ3) is 4.21.